The molecule has 0 aliphatic carbocycles. The molecule has 2 nitrogen and oxygen atoms in total. The van der Waals surface area contributed by atoms with Crippen molar-refractivity contribution in [1.29, 1.82) is 5.26 Å². The highest BCUT2D eigenvalue weighted by atomic mass is 32.1. The van der Waals surface area contributed by atoms with Crippen molar-refractivity contribution in [2.45, 2.75) is 39.5 Å². The van der Waals surface area contributed by atoms with Gasteiger partial charge in [-0.25, -0.2) is 0 Å². The Morgan fingerprint density at radius 3 is 2.40 bits per heavy atom. The topological polar surface area (TPSA) is 27.0 Å². The van der Waals surface area contributed by atoms with E-state index in [4.69, 9.17) is 5.26 Å². The predicted octanol–water partition coefficient (Wildman–Crippen LogP) is 4.51. The van der Waals surface area contributed by atoms with E-state index in [9.17, 15) is 0 Å². The molecule has 0 spiro atoms. The minimum Gasteiger partial charge on any atom is -0.374 e. The highest BCUT2D eigenvalue weighted by Crippen LogP contribution is 2.33. The van der Waals surface area contributed by atoms with Crippen LogP contribution in [0.1, 0.15) is 45.1 Å². The molecule has 0 N–H and O–H groups in total. The van der Waals surface area contributed by atoms with Gasteiger partial charge in [0.2, 0.25) is 0 Å². The summed E-state index contributed by atoms with van der Waals surface area (Å²) in [6.07, 6.45) is 4.78. The second kappa shape index (κ2) is 8.21. The first-order chi connectivity index (χ1) is 9.60. The molecule has 0 bridgehead atoms. The van der Waals surface area contributed by atoms with E-state index in [2.05, 4.69) is 50.6 Å². The molecule has 1 aromatic rings. The van der Waals surface area contributed by atoms with Crippen molar-refractivity contribution in [3.63, 3.8) is 0 Å². The molecule has 110 valence electrons. The molecule has 0 amide bonds. The highest BCUT2D eigenvalue weighted by molar-refractivity contribution is 7.80. The van der Waals surface area contributed by atoms with Crippen LogP contribution in [0.15, 0.2) is 24.3 Å². The minimum absolute atomic E-state index is 0.268. The normalized spacial score (nSPS) is 11.2. The van der Waals surface area contributed by atoms with Crippen LogP contribution in [0.25, 0.3) is 0 Å². The van der Waals surface area contributed by atoms with Crippen LogP contribution in [0, 0.1) is 16.7 Å². The second-order valence-electron chi connectivity index (χ2n) is 5.68. The molecule has 0 aliphatic heterocycles. The first-order valence-electron chi connectivity index (χ1n) is 7.43. The van der Waals surface area contributed by atoms with E-state index >= 15 is 0 Å². The molecule has 20 heavy (non-hydrogen) atoms. The minimum atomic E-state index is 0.268. The molecule has 0 unspecified atom stereocenters. The third kappa shape index (κ3) is 4.45. The summed E-state index contributed by atoms with van der Waals surface area (Å²) in [5.74, 6) is 0.914. The van der Waals surface area contributed by atoms with Gasteiger partial charge in [0.1, 0.15) is 0 Å². The molecule has 0 heterocycles. The van der Waals surface area contributed by atoms with Crippen LogP contribution in [-0.2, 0) is 0 Å². The summed E-state index contributed by atoms with van der Waals surface area (Å²) in [5.41, 5.74) is 2.10. The third-order valence-corrected chi connectivity index (χ3v) is 4.56. The Hall–Kier alpha value is -1.14. The Morgan fingerprint density at radius 2 is 1.90 bits per heavy atom. The fourth-order valence-corrected chi connectivity index (χ4v) is 3.38. The van der Waals surface area contributed by atoms with Crippen LogP contribution < -0.4 is 4.90 Å². The van der Waals surface area contributed by atoms with Gasteiger partial charge in [-0.2, -0.15) is 17.9 Å². The Bertz CT molecular complexity index is 445. The molecule has 0 radical (unpaired) electrons. The van der Waals surface area contributed by atoms with Gasteiger partial charge in [-0.3, -0.25) is 0 Å². The smallest absolute Gasteiger partial charge is 0.0992 e. The van der Waals surface area contributed by atoms with Crippen molar-refractivity contribution in [2.24, 2.45) is 5.41 Å². The number of anilines is 1. The van der Waals surface area contributed by atoms with Crippen molar-refractivity contribution >= 4 is 18.3 Å². The first kappa shape index (κ1) is 16.9. The van der Waals surface area contributed by atoms with Crippen LogP contribution in [-0.4, -0.2) is 19.3 Å². The van der Waals surface area contributed by atoms with Gasteiger partial charge in [0.15, 0.2) is 0 Å². The average molecular weight is 290 g/mol. The maximum absolute atomic E-state index is 9.01. The zero-order chi connectivity index (χ0) is 15.0. The summed E-state index contributed by atoms with van der Waals surface area (Å²) >= 11 is 4.62. The van der Waals surface area contributed by atoms with Crippen molar-refractivity contribution in [3.8, 4) is 6.07 Å². The largest absolute Gasteiger partial charge is 0.374 e. The van der Waals surface area contributed by atoms with Gasteiger partial charge in [0, 0.05) is 19.3 Å². The fourth-order valence-electron chi connectivity index (χ4n) is 2.96. The molecule has 0 fully saturated rings. The number of hydrogen-bond donors (Lipinski definition) is 1. The zero-order valence-corrected chi connectivity index (χ0v) is 13.8. The summed E-state index contributed by atoms with van der Waals surface area (Å²) in [5, 5.41) is 9.01. The molecule has 0 aromatic heterocycles. The number of thiol groups is 1. The van der Waals surface area contributed by atoms with Crippen molar-refractivity contribution < 1.29 is 0 Å². The van der Waals surface area contributed by atoms with Crippen molar-refractivity contribution in [3.05, 3.63) is 29.8 Å². The number of hydrogen-bond acceptors (Lipinski definition) is 3. The van der Waals surface area contributed by atoms with Gasteiger partial charge in [0.25, 0.3) is 0 Å². The lowest BCUT2D eigenvalue weighted by molar-refractivity contribution is 0.282. The lowest BCUT2D eigenvalue weighted by Crippen LogP contribution is -2.37. The van der Waals surface area contributed by atoms with Crippen LogP contribution in [0.4, 0.5) is 5.69 Å². The predicted molar refractivity (Wildman–Crippen MR) is 90.5 cm³/mol. The fraction of sp³-hybridized carbons (Fsp3) is 0.588. The highest BCUT2D eigenvalue weighted by Gasteiger charge is 2.28. The zero-order valence-electron chi connectivity index (χ0n) is 12.9. The Balaban J connectivity index is 2.89. The molecule has 0 saturated carbocycles. The van der Waals surface area contributed by atoms with Crippen molar-refractivity contribution in [1.82, 2.24) is 0 Å². The van der Waals surface area contributed by atoms with Gasteiger partial charge in [0.05, 0.1) is 11.6 Å². The molecular weight excluding hydrogens is 264 g/mol. The molecule has 1 aromatic carbocycles. The second-order valence-corrected chi connectivity index (χ2v) is 5.99. The van der Waals surface area contributed by atoms with Gasteiger partial charge in [-0.1, -0.05) is 32.8 Å². The molecule has 1 rings (SSSR count). The van der Waals surface area contributed by atoms with Crippen LogP contribution in [0.2, 0.25) is 0 Å². The Labute approximate surface area is 129 Å². The first-order valence-corrected chi connectivity index (χ1v) is 8.06. The van der Waals surface area contributed by atoms with E-state index in [-0.39, 0.29) is 5.41 Å². The molecular formula is C17H26N2S. The number of rotatable bonds is 8. The number of nitriles is 1. The third-order valence-electron chi connectivity index (χ3n) is 3.88. The van der Waals surface area contributed by atoms with Crippen LogP contribution in [0.3, 0.4) is 0 Å². The van der Waals surface area contributed by atoms with Gasteiger partial charge < -0.3 is 4.90 Å². The van der Waals surface area contributed by atoms with Gasteiger partial charge in [-0.05, 0) is 42.2 Å². The van der Waals surface area contributed by atoms with E-state index in [1.165, 1.54) is 25.7 Å². The average Bonchev–Trinajstić information content (AvgIpc) is 2.47. The lowest BCUT2D eigenvalue weighted by atomic mass is 9.80. The summed E-state index contributed by atoms with van der Waals surface area (Å²) < 4.78 is 0. The number of benzene rings is 1. The summed E-state index contributed by atoms with van der Waals surface area (Å²) in [6, 6.07) is 10.0. The summed E-state index contributed by atoms with van der Waals surface area (Å²) in [6.45, 7) is 5.47. The Kier molecular flexibility index (Phi) is 6.95. The molecule has 0 aliphatic rings. The lowest BCUT2D eigenvalue weighted by Gasteiger charge is -2.37. The quantitative estimate of drug-likeness (QED) is 0.713. The number of nitrogens with zero attached hydrogens (tertiary/aromatic N) is 2. The van der Waals surface area contributed by atoms with Crippen LogP contribution in [0.5, 0.6) is 0 Å². The maximum atomic E-state index is 9.01. The van der Waals surface area contributed by atoms with E-state index in [1.54, 1.807) is 0 Å². The summed E-state index contributed by atoms with van der Waals surface area (Å²) in [7, 11) is 2.11. The van der Waals surface area contributed by atoms with Gasteiger partial charge in [-0.15, -0.1) is 0 Å². The van der Waals surface area contributed by atoms with Gasteiger partial charge >= 0.3 is 0 Å². The van der Waals surface area contributed by atoms with E-state index in [0.29, 0.717) is 0 Å². The van der Waals surface area contributed by atoms with E-state index < -0.39 is 0 Å². The van der Waals surface area contributed by atoms with Crippen LogP contribution >= 0.6 is 12.6 Å². The molecule has 0 atom stereocenters. The van der Waals surface area contributed by atoms with E-state index in [0.717, 1.165) is 23.5 Å². The van der Waals surface area contributed by atoms with Crippen molar-refractivity contribution in [2.75, 3.05) is 24.2 Å². The monoisotopic (exact) mass is 290 g/mol. The SMILES string of the molecule is CCCC(CS)(CCC)CN(C)c1cccc(C#N)c1. The maximum Gasteiger partial charge on any atom is 0.0992 e. The summed E-state index contributed by atoms with van der Waals surface area (Å²) in [4.78, 5) is 2.27. The van der Waals surface area contributed by atoms with E-state index in [1.807, 2.05) is 18.2 Å². The molecule has 0 saturated heterocycles. The Morgan fingerprint density at radius 1 is 1.25 bits per heavy atom. The standard InChI is InChI=1S/C17H26N2S/c1-4-9-17(14-20,10-5-2)13-19(3)16-8-6-7-15(11-16)12-18/h6-8,11,20H,4-5,9-10,13-14H2,1-3H3. The molecule has 3 heteroatoms.